The first-order valence-electron chi connectivity index (χ1n) is 8.76. The lowest BCUT2D eigenvalue weighted by molar-refractivity contribution is -0.115. The number of halogens is 2. The number of nitrogens with one attached hydrogen (secondary N) is 1. The van der Waals surface area contributed by atoms with E-state index in [0.29, 0.717) is 16.8 Å². The number of rotatable bonds is 4. The van der Waals surface area contributed by atoms with Crippen LogP contribution in [0.5, 0.6) is 0 Å². The van der Waals surface area contributed by atoms with Gasteiger partial charge in [-0.25, -0.2) is 4.90 Å². The van der Waals surface area contributed by atoms with Crippen LogP contribution in [0.25, 0.3) is 0 Å². The Morgan fingerprint density at radius 2 is 1.62 bits per heavy atom. The molecular formula is C22H14BrClN2O3. The van der Waals surface area contributed by atoms with E-state index in [1.165, 1.54) is 6.07 Å². The summed E-state index contributed by atoms with van der Waals surface area (Å²) < 4.78 is 0.899. The number of hydrogen-bond acceptors (Lipinski definition) is 3. The first-order valence-corrected chi connectivity index (χ1v) is 9.93. The summed E-state index contributed by atoms with van der Waals surface area (Å²) in [4.78, 5) is 38.6. The van der Waals surface area contributed by atoms with Crippen molar-refractivity contribution in [1.29, 1.82) is 0 Å². The Hall–Kier alpha value is -2.96. The van der Waals surface area contributed by atoms with Crippen LogP contribution in [0.15, 0.2) is 71.2 Å². The van der Waals surface area contributed by atoms with Gasteiger partial charge in [0, 0.05) is 10.2 Å². The molecule has 1 aliphatic rings. The van der Waals surface area contributed by atoms with Crippen molar-refractivity contribution >= 4 is 56.6 Å². The van der Waals surface area contributed by atoms with E-state index in [0.717, 1.165) is 14.9 Å². The molecule has 5 nitrogen and oxygen atoms in total. The van der Waals surface area contributed by atoms with Crippen molar-refractivity contribution in [3.8, 4) is 0 Å². The molecule has 0 atom stereocenters. The molecule has 0 bridgehead atoms. The summed E-state index contributed by atoms with van der Waals surface area (Å²) >= 11 is 9.72. The number of imide groups is 1. The predicted molar refractivity (Wildman–Crippen MR) is 116 cm³/mol. The Bertz CT molecular complexity index is 1130. The average Bonchev–Trinajstić information content (AvgIpc) is 2.93. The molecule has 3 aromatic carbocycles. The fourth-order valence-corrected chi connectivity index (χ4v) is 3.92. The zero-order valence-corrected chi connectivity index (χ0v) is 17.3. The van der Waals surface area contributed by atoms with E-state index in [9.17, 15) is 14.4 Å². The fourth-order valence-electron chi connectivity index (χ4n) is 3.21. The first-order chi connectivity index (χ1) is 13.9. The molecule has 3 aromatic rings. The van der Waals surface area contributed by atoms with Crippen LogP contribution in [-0.2, 0) is 11.2 Å². The van der Waals surface area contributed by atoms with Crippen LogP contribution >= 0.6 is 27.5 Å². The topological polar surface area (TPSA) is 66.5 Å². The molecule has 0 saturated heterocycles. The van der Waals surface area contributed by atoms with Crippen LogP contribution < -0.4 is 10.2 Å². The van der Waals surface area contributed by atoms with E-state index in [1.54, 1.807) is 36.4 Å². The number of benzene rings is 3. The second-order valence-corrected chi connectivity index (χ2v) is 7.84. The molecule has 0 saturated carbocycles. The van der Waals surface area contributed by atoms with Crippen molar-refractivity contribution in [3.63, 3.8) is 0 Å². The summed E-state index contributed by atoms with van der Waals surface area (Å²) in [5.41, 5.74) is 2.32. The maximum atomic E-state index is 12.6. The lowest BCUT2D eigenvalue weighted by atomic mass is 10.1. The van der Waals surface area contributed by atoms with Crippen LogP contribution in [-0.4, -0.2) is 17.7 Å². The molecule has 29 heavy (non-hydrogen) atoms. The molecule has 0 radical (unpaired) electrons. The number of carbonyl (C=O) groups is 3. The van der Waals surface area contributed by atoms with E-state index < -0.39 is 11.8 Å². The molecule has 1 aliphatic heterocycles. The maximum Gasteiger partial charge on any atom is 0.266 e. The molecule has 4 rings (SSSR count). The molecule has 7 heteroatoms. The third-order valence-corrected chi connectivity index (χ3v) is 5.32. The normalized spacial score (nSPS) is 12.8. The number of carbonyl (C=O) groups excluding carboxylic acids is 3. The monoisotopic (exact) mass is 468 g/mol. The molecule has 1 N–H and O–H groups in total. The second kappa shape index (κ2) is 7.81. The highest BCUT2D eigenvalue weighted by atomic mass is 79.9. The van der Waals surface area contributed by atoms with E-state index in [2.05, 4.69) is 21.2 Å². The molecule has 144 valence electrons. The van der Waals surface area contributed by atoms with Gasteiger partial charge in [-0.05, 0) is 48.0 Å². The highest BCUT2D eigenvalue weighted by molar-refractivity contribution is 9.10. The van der Waals surface area contributed by atoms with Crippen molar-refractivity contribution in [1.82, 2.24) is 0 Å². The SMILES string of the molecule is O=C(Cc1cccc(Br)c1)Nc1ccc(N2C(=O)c3ccccc3C2=O)c(Cl)c1. The van der Waals surface area contributed by atoms with Crippen LogP contribution in [0.3, 0.4) is 0 Å². The Balaban J connectivity index is 1.52. The van der Waals surface area contributed by atoms with Crippen LogP contribution in [0.4, 0.5) is 11.4 Å². The minimum atomic E-state index is -0.418. The Morgan fingerprint density at radius 3 is 2.24 bits per heavy atom. The van der Waals surface area contributed by atoms with Gasteiger partial charge in [-0.2, -0.15) is 0 Å². The van der Waals surface area contributed by atoms with Gasteiger partial charge in [-0.3, -0.25) is 14.4 Å². The predicted octanol–water partition coefficient (Wildman–Crippen LogP) is 5.08. The Kier molecular flexibility index (Phi) is 5.22. The van der Waals surface area contributed by atoms with Gasteiger partial charge in [-0.15, -0.1) is 0 Å². The van der Waals surface area contributed by atoms with Crippen LogP contribution in [0.1, 0.15) is 26.3 Å². The molecule has 0 spiro atoms. The lowest BCUT2D eigenvalue weighted by Crippen LogP contribution is -2.29. The van der Waals surface area contributed by atoms with Gasteiger partial charge in [0.05, 0.1) is 28.3 Å². The Morgan fingerprint density at radius 1 is 0.931 bits per heavy atom. The van der Waals surface area contributed by atoms with Gasteiger partial charge < -0.3 is 5.32 Å². The fraction of sp³-hybridized carbons (Fsp3) is 0.0455. The quantitative estimate of drug-likeness (QED) is 0.542. The van der Waals surface area contributed by atoms with Crippen molar-refractivity contribution in [2.75, 3.05) is 10.2 Å². The lowest BCUT2D eigenvalue weighted by Gasteiger charge is -2.16. The molecule has 0 aromatic heterocycles. The largest absolute Gasteiger partial charge is 0.326 e. The number of anilines is 2. The summed E-state index contributed by atoms with van der Waals surface area (Å²) in [5.74, 6) is -1.04. The Labute approximate surface area is 180 Å². The van der Waals surface area contributed by atoms with Crippen LogP contribution in [0.2, 0.25) is 5.02 Å². The summed E-state index contributed by atoms with van der Waals surface area (Å²) in [5, 5.41) is 2.98. The molecule has 0 fully saturated rings. The summed E-state index contributed by atoms with van der Waals surface area (Å²) in [6.07, 6.45) is 0.206. The minimum absolute atomic E-state index is 0.194. The van der Waals surface area contributed by atoms with Crippen molar-refractivity contribution in [2.24, 2.45) is 0 Å². The first kappa shape index (κ1) is 19.4. The van der Waals surface area contributed by atoms with E-state index in [1.807, 2.05) is 24.3 Å². The standard InChI is InChI=1S/C22H14BrClN2O3/c23-14-5-3-4-13(10-14)11-20(27)25-15-8-9-19(18(24)12-15)26-21(28)16-6-1-2-7-17(16)22(26)29/h1-10,12H,11H2,(H,25,27). The zero-order valence-electron chi connectivity index (χ0n) is 15.0. The van der Waals surface area contributed by atoms with Crippen molar-refractivity contribution < 1.29 is 14.4 Å². The highest BCUT2D eigenvalue weighted by Crippen LogP contribution is 2.34. The van der Waals surface area contributed by atoms with Gasteiger partial charge in [0.1, 0.15) is 0 Å². The van der Waals surface area contributed by atoms with Gasteiger partial charge >= 0.3 is 0 Å². The average molecular weight is 470 g/mol. The number of hydrogen-bond donors (Lipinski definition) is 1. The van der Waals surface area contributed by atoms with E-state index in [4.69, 9.17) is 11.6 Å². The molecule has 3 amide bonds. The van der Waals surface area contributed by atoms with Crippen LogP contribution in [0, 0.1) is 0 Å². The van der Waals surface area contributed by atoms with Gasteiger partial charge in [0.15, 0.2) is 0 Å². The van der Waals surface area contributed by atoms with Crippen molar-refractivity contribution in [3.05, 3.63) is 92.9 Å². The van der Waals surface area contributed by atoms with Crippen molar-refractivity contribution in [2.45, 2.75) is 6.42 Å². The summed E-state index contributed by atoms with van der Waals surface area (Å²) in [6, 6.07) is 18.8. The highest BCUT2D eigenvalue weighted by Gasteiger charge is 2.37. The minimum Gasteiger partial charge on any atom is -0.326 e. The third kappa shape index (κ3) is 3.81. The summed E-state index contributed by atoms with van der Waals surface area (Å²) in [6.45, 7) is 0. The molecule has 0 unspecified atom stereocenters. The number of amides is 3. The van der Waals surface area contributed by atoms with Gasteiger partial charge in [-0.1, -0.05) is 51.8 Å². The van der Waals surface area contributed by atoms with Gasteiger partial charge in [0.2, 0.25) is 5.91 Å². The maximum absolute atomic E-state index is 12.6. The van der Waals surface area contributed by atoms with Gasteiger partial charge in [0.25, 0.3) is 11.8 Å². The molecular weight excluding hydrogens is 456 g/mol. The zero-order chi connectivity index (χ0) is 20.5. The molecule has 1 heterocycles. The van der Waals surface area contributed by atoms with E-state index >= 15 is 0 Å². The third-order valence-electron chi connectivity index (χ3n) is 4.52. The van der Waals surface area contributed by atoms with E-state index in [-0.39, 0.29) is 23.0 Å². The summed E-state index contributed by atoms with van der Waals surface area (Å²) in [7, 11) is 0. The number of nitrogens with zero attached hydrogens (tertiary/aromatic N) is 1. The second-order valence-electron chi connectivity index (χ2n) is 6.51. The smallest absolute Gasteiger partial charge is 0.266 e. The molecule has 0 aliphatic carbocycles. The number of fused-ring (bicyclic) bond motifs is 1.